The number of Topliss-reactive ketones (excluding diaryl/α,β-unsaturated/α-hetero) is 1. The summed E-state index contributed by atoms with van der Waals surface area (Å²) in [5.74, 6) is 2.00. The Morgan fingerprint density at radius 2 is 2.00 bits per heavy atom. The van der Waals surface area contributed by atoms with Crippen LogP contribution in [0.2, 0.25) is 0 Å². The molecule has 1 saturated heterocycles. The van der Waals surface area contributed by atoms with Crippen LogP contribution < -0.4 is 0 Å². The molecular formula is C29H33NO5. The normalized spacial score (nSPS) is 29.7. The Bertz CT molecular complexity index is 1160. The molecule has 35 heavy (non-hydrogen) atoms. The van der Waals surface area contributed by atoms with Gasteiger partial charge < -0.3 is 24.2 Å². The number of hydrogen-bond donors (Lipinski definition) is 1. The molecule has 6 nitrogen and oxygen atoms in total. The molecule has 0 aromatic heterocycles. The summed E-state index contributed by atoms with van der Waals surface area (Å²) in [7, 11) is 5.35. The van der Waals surface area contributed by atoms with Crippen LogP contribution in [-0.2, 0) is 19.0 Å². The number of rotatable bonds is 6. The molecule has 0 unspecified atom stereocenters. The molecule has 184 valence electrons. The van der Waals surface area contributed by atoms with Crippen molar-refractivity contribution in [3.63, 3.8) is 0 Å². The summed E-state index contributed by atoms with van der Waals surface area (Å²) in [6, 6.07) is 10.3. The number of carbonyl (C=O) groups excluding carboxylic acids is 1. The molecule has 0 saturated carbocycles. The lowest BCUT2D eigenvalue weighted by molar-refractivity contribution is -0.124. The maximum Gasteiger partial charge on any atom is 0.197 e. The van der Waals surface area contributed by atoms with Gasteiger partial charge in [0.05, 0.1) is 20.5 Å². The third-order valence-electron chi connectivity index (χ3n) is 8.10. The fraction of sp³-hybridized carbons (Fsp3) is 0.414. The Labute approximate surface area is 206 Å². The number of nitrogens with zero attached hydrogens (tertiary/aromatic N) is 1. The van der Waals surface area contributed by atoms with E-state index in [9.17, 15) is 9.90 Å². The van der Waals surface area contributed by atoms with Gasteiger partial charge >= 0.3 is 0 Å². The lowest BCUT2D eigenvalue weighted by Gasteiger charge is -2.58. The van der Waals surface area contributed by atoms with Crippen LogP contribution in [0.3, 0.4) is 0 Å². The summed E-state index contributed by atoms with van der Waals surface area (Å²) in [6.45, 7) is 1.27. The van der Waals surface area contributed by atoms with Crippen molar-refractivity contribution in [3.05, 3.63) is 88.3 Å². The van der Waals surface area contributed by atoms with Crippen LogP contribution in [0.5, 0.6) is 0 Å². The van der Waals surface area contributed by atoms with Gasteiger partial charge in [-0.05, 0) is 55.3 Å². The predicted octanol–water partition coefficient (Wildman–Crippen LogP) is 4.93. The van der Waals surface area contributed by atoms with Crippen molar-refractivity contribution in [3.8, 4) is 0 Å². The quantitative estimate of drug-likeness (QED) is 0.589. The summed E-state index contributed by atoms with van der Waals surface area (Å²) < 4.78 is 17.7. The second-order valence-electron chi connectivity index (χ2n) is 9.78. The summed E-state index contributed by atoms with van der Waals surface area (Å²) in [5.41, 5.74) is 3.65. The number of aliphatic hydroxyl groups is 1. The molecule has 1 N–H and O–H groups in total. The molecule has 0 radical (unpaired) electrons. The van der Waals surface area contributed by atoms with Crippen molar-refractivity contribution in [2.45, 2.75) is 31.7 Å². The number of aliphatic hydroxyl groups excluding tert-OH is 1. The van der Waals surface area contributed by atoms with Gasteiger partial charge in [-0.25, -0.2) is 0 Å². The number of hydrogen-bond acceptors (Lipinski definition) is 6. The lowest BCUT2D eigenvalue weighted by atomic mass is 9.52. The van der Waals surface area contributed by atoms with Gasteiger partial charge in [-0.3, -0.25) is 4.79 Å². The molecule has 1 aromatic carbocycles. The topological polar surface area (TPSA) is 68.2 Å². The minimum absolute atomic E-state index is 0.0168. The Balaban J connectivity index is 1.58. The van der Waals surface area contributed by atoms with E-state index in [-0.39, 0.29) is 17.7 Å². The first-order chi connectivity index (χ1) is 17.0. The molecule has 1 fully saturated rings. The molecule has 1 heterocycles. The van der Waals surface area contributed by atoms with E-state index in [0.717, 1.165) is 47.4 Å². The third-order valence-corrected chi connectivity index (χ3v) is 8.10. The van der Waals surface area contributed by atoms with E-state index in [2.05, 4.69) is 11.9 Å². The Hall–Kier alpha value is -3.25. The van der Waals surface area contributed by atoms with Gasteiger partial charge in [-0.2, -0.15) is 0 Å². The number of methoxy groups -OCH3 is 2. The monoisotopic (exact) mass is 475 g/mol. The molecule has 1 aromatic rings. The van der Waals surface area contributed by atoms with Gasteiger partial charge in [0, 0.05) is 35.8 Å². The fourth-order valence-electron chi connectivity index (χ4n) is 6.39. The minimum atomic E-state index is -0.416. The maximum atomic E-state index is 13.2. The summed E-state index contributed by atoms with van der Waals surface area (Å²) in [6.07, 6.45) is 9.70. The van der Waals surface area contributed by atoms with Crippen molar-refractivity contribution >= 4 is 11.9 Å². The van der Waals surface area contributed by atoms with E-state index >= 15 is 0 Å². The minimum Gasteiger partial charge on any atom is -0.515 e. The van der Waals surface area contributed by atoms with E-state index in [1.165, 1.54) is 6.26 Å². The molecule has 4 aliphatic rings. The zero-order valence-electron chi connectivity index (χ0n) is 20.6. The molecule has 0 amide bonds. The highest BCUT2D eigenvalue weighted by atomic mass is 16.5. The molecule has 2 bridgehead atoms. The molecule has 3 atom stereocenters. The summed E-state index contributed by atoms with van der Waals surface area (Å²) in [5, 5.41) is 10.2. The van der Waals surface area contributed by atoms with Crippen molar-refractivity contribution in [2.75, 3.05) is 34.4 Å². The van der Waals surface area contributed by atoms with Crippen LogP contribution in [0.4, 0.5) is 0 Å². The lowest BCUT2D eigenvalue weighted by Crippen LogP contribution is -2.58. The smallest absolute Gasteiger partial charge is 0.197 e. The molecule has 6 heteroatoms. The van der Waals surface area contributed by atoms with E-state index < -0.39 is 5.41 Å². The zero-order valence-corrected chi connectivity index (χ0v) is 20.6. The van der Waals surface area contributed by atoms with Crippen LogP contribution in [0.25, 0.3) is 6.08 Å². The van der Waals surface area contributed by atoms with Crippen LogP contribution in [-0.4, -0.2) is 56.3 Å². The van der Waals surface area contributed by atoms with Crippen LogP contribution >= 0.6 is 0 Å². The average Bonchev–Trinajstić information content (AvgIpc) is 2.88. The first-order valence-electron chi connectivity index (χ1n) is 12.2. The summed E-state index contributed by atoms with van der Waals surface area (Å²) >= 11 is 0. The SMILES string of the molecule is COC1=C[C@H]2[C@H]3CC4=C(C(OC/C=C/c5ccccc5)=C(OC)CC4=CO)[C@@]2(CCN3C)CC1=O. The van der Waals surface area contributed by atoms with Gasteiger partial charge in [0.15, 0.2) is 17.3 Å². The molecule has 5 rings (SSSR count). The molecular weight excluding hydrogens is 442 g/mol. The van der Waals surface area contributed by atoms with Crippen molar-refractivity contribution in [1.82, 2.24) is 4.90 Å². The van der Waals surface area contributed by atoms with Gasteiger partial charge in [0.1, 0.15) is 12.4 Å². The molecule has 3 aliphatic carbocycles. The maximum absolute atomic E-state index is 13.2. The van der Waals surface area contributed by atoms with E-state index in [1.807, 2.05) is 48.6 Å². The van der Waals surface area contributed by atoms with E-state index in [1.54, 1.807) is 14.2 Å². The second kappa shape index (κ2) is 9.42. The molecule has 1 aliphatic heterocycles. The van der Waals surface area contributed by atoms with Gasteiger partial charge in [0.25, 0.3) is 0 Å². The number of ketones is 1. The van der Waals surface area contributed by atoms with Crippen LogP contribution in [0.1, 0.15) is 31.2 Å². The standard InChI is InChI=1S/C29H33NO5/c1-30-12-11-29-17-24(32)25(33-2)16-22(29)23(30)15-21-20(18-31)14-26(34-3)28(27(21)29)35-13-7-10-19-8-5-4-6-9-19/h4-10,16,18,22-23,31H,11-15,17H2,1-3H3/b10-7+,20-18?/t22-,23+,29-/m0/s1. The number of benzene rings is 1. The Morgan fingerprint density at radius 3 is 2.71 bits per heavy atom. The van der Waals surface area contributed by atoms with Crippen molar-refractivity contribution < 1.29 is 24.1 Å². The number of carbonyl (C=O) groups is 1. The van der Waals surface area contributed by atoms with Gasteiger partial charge in [0.2, 0.25) is 0 Å². The highest BCUT2D eigenvalue weighted by Crippen LogP contribution is 2.61. The first kappa shape index (κ1) is 23.5. The second-order valence-corrected chi connectivity index (χ2v) is 9.78. The Morgan fingerprint density at radius 1 is 1.20 bits per heavy atom. The average molecular weight is 476 g/mol. The first-order valence-corrected chi connectivity index (χ1v) is 12.2. The Kier molecular flexibility index (Phi) is 6.32. The summed E-state index contributed by atoms with van der Waals surface area (Å²) in [4.78, 5) is 15.5. The van der Waals surface area contributed by atoms with Crippen LogP contribution in [0.15, 0.2) is 82.7 Å². The fourth-order valence-corrected chi connectivity index (χ4v) is 6.39. The van der Waals surface area contributed by atoms with Gasteiger partial charge in [-0.1, -0.05) is 36.4 Å². The van der Waals surface area contributed by atoms with E-state index in [0.29, 0.717) is 31.0 Å². The number of piperidine rings is 1. The van der Waals surface area contributed by atoms with Crippen molar-refractivity contribution in [1.29, 1.82) is 0 Å². The van der Waals surface area contributed by atoms with E-state index in [4.69, 9.17) is 14.2 Å². The predicted molar refractivity (Wildman–Crippen MR) is 134 cm³/mol. The number of ether oxygens (including phenoxy) is 3. The highest BCUT2D eigenvalue weighted by molar-refractivity contribution is 5.95. The third kappa shape index (κ3) is 3.90. The number of likely N-dealkylation sites (tertiary alicyclic amines) is 1. The van der Waals surface area contributed by atoms with Crippen LogP contribution in [0, 0.1) is 11.3 Å². The zero-order chi connectivity index (χ0) is 24.6. The number of allylic oxidation sites excluding steroid dienone is 3. The van der Waals surface area contributed by atoms with Crippen molar-refractivity contribution in [2.24, 2.45) is 11.3 Å². The largest absolute Gasteiger partial charge is 0.515 e. The molecule has 0 spiro atoms. The highest BCUT2D eigenvalue weighted by Gasteiger charge is 2.58. The van der Waals surface area contributed by atoms with Gasteiger partial charge in [-0.15, -0.1) is 0 Å².